The Morgan fingerprint density at radius 3 is 2.32 bits per heavy atom. The van der Waals surface area contributed by atoms with Gasteiger partial charge in [0.15, 0.2) is 0 Å². The maximum Gasteiger partial charge on any atom is 0.433 e. The first-order chi connectivity index (χ1) is 14.7. The molecule has 3 rings (SSSR count). The molecule has 2 N–H and O–H groups in total. The minimum Gasteiger partial charge on any atom is -0.316 e. The summed E-state index contributed by atoms with van der Waals surface area (Å²) in [6.07, 6.45) is -2.95. The van der Waals surface area contributed by atoms with Gasteiger partial charge in [0, 0.05) is 18.4 Å². The zero-order valence-electron chi connectivity index (χ0n) is 17.4. The summed E-state index contributed by atoms with van der Waals surface area (Å²) in [7, 11) is 0. The van der Waals surface area contributed by atoms with E-state index in [2.05, 4.69) is 4.98 Å². The van der Waals surface area contributed by atoms with Crippen molar-refractivity contribution in [2.75, 3.05) is 11.4 Å². The van der Waals surface area contributed by atoms with Crippen molar-refractivity contribution in [1.82, 2.24) is 4.98 Å². The number of pyridine rings is 1. The third-order valence-electron chi connectivity index (χ3n) is 5.23. The van der Waals surface area contributed by atoms with Crippen LogP contribution in [0.15, 0.2) is 66.9 Å². The number of carbonyl (C=O) groups excluding carboxylic acids is 1. The van der Waals surface area contributed by atoms with Gasteiger partial charge in [0.05, 0.1) is 0 Å². The lowest BCUT2D eigenvalue weighted by Crippen LogP contribution is -2.40. The lowest BCUT2D eigenvalue weighted by molar-refractivity contribution is -0.141. The van der Waals surface area contributed by atoms with Crippen LogP contribution in [0.5, 0.6) is 0 Å². The number of benzene rings is 2. The molecule has 0 fully saturated rings. The van der Waals surface area contributed by atoms with E-state index in [0.29, 0.717) is 23.2 Å². The van der Waals surface area contributed by atoms with Gasteiger partial charge in [0.1, 0.15) is 11.7 Å². The number of rotatable bonds is 6. The maximum absolute atomic E-state index is 13.3. The second-order valence-electron chi connectivity index (χ2n) is 7.45. The number of hydrogen-bond acceptors (Lipinski definition) is 3. The number of anilines is 1. The summed E-state index contributed by atoms with van der Waals surface area (Å²) in [4.78, 5) is 18.4. The zero-order chi connectivity index (χ0) is 22.6. The first kappa shape index (κ1) is 22.5. The van der Waals surface area contributed by atoms with Crippen LogP contribution < -0.4 is 10.6 Å². The Morgan fingerprint density at radius 2 is 1.74 bits per heavy atom. The Labute approximate surface area is 179 Å². The summed E-state index contributed by atoms with van der Waals surface area (Å²) in [6, 6.07) is 16.2. The zero-order valence-corrected chi connectivity index (χ0v) is 17.4. The topological polar surface area (TPSA) is 59.2 Å². The van der Waals surface area contributed by atoms with E-state index < -0.39 is 17.9 Å². The van der Waals surface area contributed by atoms with Crippen LogP contribution in [0.3, 0.4) is 0 Å². The molecular weight excluding hydrogens is 403 g/mol. The van der Waals surface area contributed by atoms with Gasteiger partial charge in [-0.3, -0.25) is 9.78 Å². The van der Waals surface area contributed by atoms with Crippen molar-refractivity contribution in [2.45, 2.75) is 32.5 Å². The average molecular weight is 427 g/mol. The van der Waals surface area contributed by atoms with Crippen molar-refractivity contribution in [3.8, 4) is 0 Å². The summed E-state index contributed by atoms with van der Waals surface area (Å²) in [6.45, 7) is 4.20. The van der Waals surface area contributed by atoms with Crippen LogP contribution >= 0.6 is 0 Å². The van der Waals surface area contributed by atoms with Gasteiger partial charge in [0.2, 0.25) is 5.91 Å². The predicted octanol–water partition coefficient (Wildman–Crippen LogP) is 4.99. The van der Waals surface area contributed by atoms with Crippen LogP contribution in [0.4, 0.5) is 18.9 Å². The highest BCUT2D eigenvalue weighted by Crippen LogP contribution is 2.27. The molecule has 0 saturated heterocycles. The average Bonchev–Trinajstić information content (AvgIpc) is 2.76. The highest BCUT2D eigenvalue weighted by Gasteiger charge is 2.32. The fourth-order valence-electron chi connectivity index (χ4n) is 3.21. The molecule has 0 aliphatic rings. The number of aromatic nitrogens is 1. The van der Waals surface area contributed by atoms with Crippen molar-refractivity contribution in [3.63, 3.8) is 0 Å². The number of nitrogens with two attached hydrogens (primary N) is 1. The van der Waals surface area contributed by atoms with Crippen LogP contribution in [0.1, 0.15) is 34.0 Å². The number of nitrogens with zero attached hydrogens (tertiary/aromatic N) is 2. The highest BCUT2D eigenvalue weighted by atomic mass is 19.4. The lowest BCUT2D eigenvalue weighted by Gasteiger charge is -2.27. The summed E-state index contributed by atoms with van der Waals surface area (Å²) in [5, 5.41) is 0. The van der Waals surface area contributed by atoms with E-state index in [1.807, 2.05) is 50.2 Å². The molecule has 3 aromatic rings. The Hall–Kier alpha value is -3.19. The summed E-state index contributed by atoms with van der Waals surface area (Å²) < 4.78 is 38.3. The predicted molar refractivity (Wildman–Crippen MR) is 115 cm³/mol. The number of alkyl halides is 3. The van der Waals surface area contributed by atoms with Gasteiger partial charge in [-0.1, -0.05) is 42.5 Å². The molecule has 162 valence electrons. The van der Waals surface area contributed by atoms with Gasteiger partial charge >= 0.3 is 6.18 Å². The largest absolute Gasteiger partial charge is 0.433 e. The quantitative estimate of drug-likeness (QED) is 0.603. The minimum atomic E-state index is -4.48. The molecule has 1 aromatic heterocycles. The van der Waals surface area contributed by atoms with Crippen molar-refractivity contribution in [3.05, 3.63) is 94.8 Å². The molecule has 31 heavy (non-hydrogen) atoms. The lowest BCUT2D eigenvalue weighted by atomic mass is 10.0. The minimum absolute atomic E-state index is 0.259. The van der Waals surface area contributed by atoms with Gasteiger partial charge in [-0.15, -0.1) is 0 Å². The van der Waals surface area contributed by atoms with E-state index in [1.54, 1.807) is 17.0 Å². The fraction of sp³-hybridized carbons (Fsp3) is 0.250. The fourth-order valence-corrected chi connectivity index (χ4v) is 3.21. The molecule has 2 aromatic carbocycles. The van der Waals surface area contributed by atoms with E-state index in [4.69, 9.17) is 5.73 Å². The van der Waals surface area contributed by atoms with Crippen LogP contribution in [-0.2, 0) is 17.4 Å². The van der Waals surface area contributed by atoms with Crippen LogP contribution in [0, 0.1) is 13.8 Å². The van der Waals surface area contributed by atoms with E-state index in [1.165, 1.54) is 12.3 Å². The SMILES string of the molecule is Cc1ccc(N(CCc2ccc(C(F)(F)F)nc2)C(=O)C(N)c2ccccc2)cc1C. The summed E-state index contributed by atoms with van der Waals surface area (Å²) >= 11 is 0. The Morgan fingerprint density at radius 1 is 1.03 bits per heavy atom. The first-order valence-corrected chi connectivity index (χ1v) is 9.88. The molecule has 7 heteroatoms. The first-order valence-electron chi connectivity index (χ1n) is 9.88. The molecule has 0 aliphatic heterocycles. The molecular formula is C24H24F3N3O. The Balaban J connectivity index is 1.85. The molecule has 0 radical (unpaired) electrons. The normalized spacial score (nSPS) is 12.5. The van der Waals surface area contributed by atoms with E-state index in [0.717, 1.165) is 17.2 Å². The molecule has 0 bridgehead atoms. The van der Waals surface area contributed by atoms with Gasteiger partial charge < -0.3 is 10.6 Å². The van der Waals surface area contributed by atoms with E-state index in [9.17, 15) is 18.0 Å². The summed E-state index contributed by atoms with van der Waals surface area (Å²) in [5.41, 5.74) is 9.42. The van der Waals surface area contributed by atoms with Gasteiger partial charge in [-0.2, -0.15) is 13.2 Å². The maximum atomic E-state index is 13.3. The number of carbonyl (C=O) groups is 1. The van der Waals surface area contributed by atoms with Crippen LogP contribution in [0.2, 0.25) is 0 Å². The second kappa shape index (κ2) is 9.31. The van der Waals surface area contributed by atoms with Crippen molar-refractivity contribution in [2.24, 2.45) is 5.73 Å². The van der Waals surface area contributed by atoms with Crippen LogP contribution in [-0.4, -0.2) is 17.4 Å². The molecule has 1 atom stereocenters. The van der Waals surface area contributed by atoms with E-state index in [-0.39, 0.29) is 12.5 Å². The van der Waals surface area contributed by atoms with Crippen molar-refractivity contribution >= 4 is 11.6 Å². The number of aryl methyl sites for hydroxylation is 2. The van der Waals surface area contributed by atoms with Crippen LogP contribution in [0.25, 0.3) is 0 Å². The molecule has 4 nitrogen and oxygen atoms in total. The number of halogens is 3. The van der Waals surface area contributed by atoms with Gasteiger partial charge in [0.25, 0.3) is 0 Å². The molecule has 0 saturated carbocycles. The third-order valence-corrected chi connectivity index (χ3v) is 5.23. The smallest absolute Gasteiger partial charge is 0.316 e. The Bertz CT molecular complexity index is 1030. The van der Waals surface area contributed by atoms with E-state index >= 15 is 0 Å². The highest BCUT2D eigenvalue weighted by molar-refractivity contribution is 5.97. The molecule has 1 heterocycles. The number of hydrogen-bond donors (Lipinski definition) is 1. The van der Waals surface area contributed by atoms with Crippen molar-refractivity contribution in [1.29, 1.82) is 0 Å². The van der Waals surface area contributed by atoms with Gasteiger partial charge in [-0.05, 0) is 60.7 Å². The van der Waals surface area contributed by atoms with Crippen molar-refractivity contribution < 1.29 is 18.0 Å². The molecule has 0 spiro atoms. The molecule has 1 amide bonds. The standard InChI is InChI=1S/C24H24F3N3O/c1-16-8-10-20(14-17(16)2)30(23(31)22(28)19-6-4-3-5-7-19)13-12-18-9-11-21(29-15-18)24(25,26)27/h3-11,14-15,22H,12-13,28H2,1-2H3. The number of amides is 1. The molecule has 1 unspecified atom stereocenters. The monoisotopic (exact) mass is 427 g/mol. The summed E-state index contributed by atoms with van der Waals surface area (Å²) in [5.74, 6) is -0.283. The second-order valence-corrected chi connectivity index (χ2v) is 7.45. The molecule has 0 aliphatic carbocycles. The van der Waals surface area contributed by atoms with Gasteiger partial charge in [-0.25, -0.2) is 0 Å². The Kier molecular flexibility index (Phi) is 6.75. The third kappa shape index (κ3) is 5.49.